The van der Waals surface area contributed by atoms with Crippen LogP contribution in [0, 0.1) is 0 Å². The third-order valence-corrected chi connectivity index (χ3v) is 5.07. The van der Waals surface area contributed by atoms with Gasteiger partial charge < -0.3 is 15.3 Å². The van der Waals surface area contributed by atoms with Crippen molar-refractivity contribution in [3.05, 3.63) is 18.0 Å². The number of hydrogen-bond acceptors (Lipinski definition) is 4. The summed E-state index contributed by atoms with van der Waals surface area (Å²) in [7, 11) is 2.17. The van der Waals surface area contributed by atoms with Crippen molar-refractivity contribution in [3.8, 4) is 0 Å². The highest BCUT2D eigenvalue weighted by molar-refractivity contribution is 5.87. The van der Waals surface area contributed by atoms with E-state index in [1.165, 1.54) is 29.9 Å². The molecule has 1 aromatic heterocycles. The lowest BCUT2D eigenvalue weighted by Gasteiger charge is -2.36. The smallest absolute Gasteiger partial charge is 0.338 e. The molecule has 0 radical (unpaired) electrons. The van der Waals surface area contributed by atoms with Crippen LogP contribution in [0.15, 0.2) is 12.4 Å². The van der Waals surface area contributed by atoms with Crippen LogP contribution in [0.4, 0.5) is 0 Å². The SMILES string of the molecule is CC(C(=O)NC1CC2CCC(C1)N2C)n1cc(C(=O)O)cn1. The first-order valence-electron chi connectivity index (χ1n) is 7.75. The predicted octanol–water partition coefficient (Wildman–Crippen LogP) is 0.884. The first-order valence-corrected chi connectivity index (χ1v) is 7.75. The maximum Gasteiger partial charge on any atom is 0.338 e. The number of nitrogens with one attached hydrogen (secondary N) is 1. The number of amides is 1. The van der Waals surface area contributed by atoms with Gasteiger partial charge in [0.1, 0.15) is 6.04 Å². The van der Waals surface area contributed by atoms with Crippen molar-refractivity contribution in [2.24, 2.45) is 0 Å². The quantitative estimate of drug-likeness (QED) is 0.862. The van der Waals surface area contributed by atoms with Crippen LogP contribution in [-0.4, -0.2) is 56.8 Å². The van der Waals surface area contributed by atoms with Crippen molar-refractivity contribution in [2.75, 3.05) is 7.05 Å². The second kappa shape index (κ2) is 5.72. The van der Waals surface area contributed by atoms with E-state index in [0.29, 0.717) is 12.1 Å². The molecule has 0 spiro atoms. The number of fused-ring (bicyclic) bond motifs is 2. The molecule has 3 unspecified atom stereocenters. The van der Waals surface area contributed by atoms with Gasteiger partial charge >= 0.3 is 5.97 Å². The van der Waals surface area contributed by atoms with Gasteiger partial charge in [-0.3, -0.25) is 9.48 Å². The number of nitrogens with zero attached hydrogens (tertiary/aromatic N) is 3. The summed E-state index contributed by atoms with van der Waals surface area (Å²) in [5, 5.41) is 16.0. The number of piperidine rings is 1. The molecule has 0 saturated carbocycles. The standard InChI is InChI=1S/C15H22N4O3/c1-9(19-8-10(7-16-19)15(21)22)14(20)17-11-5-12-3-4-13(6-11)18(12)2/h7-9,11-13H,3-6H2,1-2H3,(H,17,20)(H,21,22). The van der Waals surface area contributed by atoms with E-state index in [-0.39, 0.29) is 17.5 Å². The summed E-state index contributed by atoms with van der Waals surface area (Å²) in [6.07, 6.45) is 7.07. The molecule has 3 heterocycles. The molecule has 2 fully saturated rings. The summed E-state index contributed by atoms with van der Waals surface area (Å²) >= 11 is 0. The zero-order chi connectivity index (χ0) is 15.9. The Bertz CT molecular complexity index is 571. The normalized spacial score (nSPS) is 29.3. The average molecular weight is 306 g/mol. The number of hydrogen-bond donors (Lipinski definition) is 2. The van der Waals surface area contributed by atoms with Crippen molar-refractivity contribution >= 4 is 11.9 Å². The zero-order valence-corrected chi connectivity index (χ0v) is 12.9. The number of aromatic carboxylic acids is 1. The fourth-order valence-electron chi connectivity index (χ4n) is 3.63. The third-order valence-electron chi connectivity index (χ3n) is 5.07. The van der Waals surface area contributed by atoms with Gasteiger partial charge in [-0.15, -0.1) is 0 Å². The van der Waals surface area contributed by atoms with E-state index in [4.69, 9.17) is 5.11 Å². The van der Waals surface area contributed by atoms with Gasteiger partial charge in [-0.05, 0) is 39.7 Å². The molecule has 3 atom stereocenters. The van der Waals surface area contributed by atoms with E-state index >= 15 is 0 Å². The summed E-state index contributed by atoms with van der Waals surface area (Å²) < 4.78 is 1.41. The summed E-state index contributed by atoms with van der Waals surface area (Å²) in [4.78, 5) is 25.7. The van der Waals surface area contributed by atoms with E-state index in [1.807, 2.05) is 0 Å². The molecule has 0 aliphatic carbocycles. The lowest BCUT2D eigenvalue weighted by atomic mass is 9.98. The Morgan fingerprint density at radius 2 is 2.00 bits per heavy atom. The second-order valence-corrected chi connectivity index (χ2v) is 6.42. The molecule has 3 rings (SSSR count). The van der Waals surface area contributed by atoms with Crippen molar-refractivity contribution in [1.29, 1.82) is 0 Å². The van der Waals surface area contributed by atoms with Crippen molar-refractivity contribution in [2.45, 2.75) is 56.8 Å². The predicted molar refractivity (Wildman–Crippen MR) is 79.6 cm³/mol. The third kappa shape index (κ3) is 2.72. The Morgan fingerprint density at radius 1 is 1.36 bits per heavy atom. The Kier molecular flexibility index (Phi) is 3.90. The Labute approximate surface area is 129 Å². The fourth-order valence-corrected chi connectivity index (χ4v) is 3.63. The van der Waals surface area contributed by atoms with Crippen molar-refractivity contribution in [1.82, 2.24) is 20.0 Å². The molecular weight excluding hydrogens is 284 g/mol. The molecule has 2 saturated heterocycles. The molecule has 22 heavy (non-hydrogen) atoms. The minimum absolute atomic E-state index is 0.0944. The monoisotopic (exact) mass is 306 g/mol. The Hall–Kier alpha value is -1.89. The maximum atomic E-state index is 12.4. The first kappa shape index (κ1) is 15.0. The highest BCUT2D eigenvalue weighted by atomic mass is 16.4. The fraction of sp³-hybridized carbons (Fsp3) is 0.667. The van der Waals surface area contributed by atoms with Crippen LogP contribution in [0.1, 0.15) is 49.0 Å². The minimum Gasteiger partial charge on any atom is -0.478 e. The zero-order valence-electron chi connectivity index (χ0n) is 12.9. The molecule has 7 nitrogen and oxygen atoms in total. The van der Waals surface area contributed by atoms with Crippen LogP contribution in [0.25, 0.3) is 0 Å². The van der Waals surface area contributed by atoms with Gasteiger partial charge in [0.2, 0.25) is 5.91 Å². The highest BCUT2D eigenvalue weighted by Crippen LogP contribution is 2.34. The molecule has 7 heteroatoms. The van der Waals surface area contributed by atoms with E-state index in [0.717, 1.165) is 12.8 Å². The maximum absolute atomic E-state index is 12.4. The van der Waals surface area contributed by atoms with Gasteiger partial charge in [-0.25, -0.2) is 4.79 Å². The van der Waals surface area contributed by atoms with Crippen LogP contribution in [0.5, 0.6) is 0 Å². The van der Waals surface area contributed by atoms with Crippen LogP contribution in [0.2, 0.25) is 0 Å². The van der Waals surface area contributed by atoms with Crippen LogP contribution in [-0.2, 0) is 4.79 Å². The summed E-state index contributed by atoms with van der Waals surface area (Å²) in [5.74, 6) is -1.14. The van der Waals surface area contributed by atoms with E-state index < -0.39 is 12.0 Å². The van der Waals surface area contributed by atoms with Gasteiger partial charge in [0, 0.05) is 24.3 Å². The topological polar surface area (TPSA) is 87.5 Å². The number of carboxylic acids is 1. The van der Waals surface area contributed by atoms with Gasteiger partial charge in [0.05, 0.1) is 11.8 Å². The number of aromatic nitrogens is 2. The van der Waals surface area contributed by atoms with Crippen LogP contribution >= 0.6 is 0 Å². The molecule has 1 amide bonds. The molecule has 0 aromatic carbocycles. The minimum atomic E-state index is -1.04. The molecule has 2 aliphatic heterocycles. The number of carbonyl (C=O) groups excluding carboxylic acids is 1. The average Bonchev–Trinajstić information content (AvgIpc) is 3.02. The van der Waals surface area contributed by atoms with Gasteiger partial charge in [-0.1, -0.05) is 0 Å². The lowest BCUT2D eigenvalue weighted by molar-refractivity contribution is -0.125. The lowest BCUT2D eigenvalue weighted by Crippen LogP contribution is -2.49. The Balaban J connectivity index is 1.60. The second-order valence-electron chi connectivity index (χ2n) is 6.42. The van der Waals surface area contributed by atoms with E-state index in [9.17, 15) is 9.59 Å². The van der Waals surface area contributed by atoms with Gasteiger partial charge in [0.25, 0.3) is 0 Å². The summed E-state index contributed by atoms with van der Waals surface area (Å²) in [6, 6.07) is 0.842. The van der Waals surface area contributed by atoms with Crippen LogP contribution < -0.4 is 5.32 Å². The van der Waals surface area contributed by atoms with Crippen molar-refractivity contribution < 1.29 is 14.7 Å². The number of carboxylic acid groups (broad SMARTS) is 1. The van der Waals surface area contributed by atoms with E-state index in [2.05, 4.69) is 22.4 Å². The van der Waals surface area contributed by atoms with Gasteiger partial charge in [0.15, 0.2) is 0 Å². The molecular formula is C15H22N4O3. The first-order chi connectivity index (χ1) is 10.5. The summed E-state index contributed by atoms with van der Waals surface area (Å²) in [5.41, 5.74) is 0.0944. The Morgan fingerprint density at radius 3 is 2.55 bits per heavy atom. The van der Waals surface area contributed by atoms with Crippen LogP contribution in [0.3, 0.4) is 0 Å². The largest absolute Gasteiger partial charge is 0.478 e. The van der Waals surface area contributed by atoms with Crippen molar-refractivity contribution in [3.63, 3.8) is 0 Å². The molecule has 1 aromatic rings. The molecule has 2 aliphatic rings. The molecule has 2 bridgehead atoms. The number of carbonyl (C=O) groups is 2. The molecule has 120 valence electrons. The molecule has 2 N–H and O–H groups in total. The van der Waals surface area contributed by atoms with E-state index in [1.54, 1.807) is 6.92 Å². The van der Waals surface area contributed by atoms with Gasteiger partial charge in [-0.2, -0.15) is 5.10 Å². The number of rotatable bonds is 4. The summed E-state index contributed by atoms with van der Waals surface area (Å²) in [6.45, 7) is 1.73. The highest BCUT2D eigenvalue weighted by Gasteiger charge is 2.39.